The van der Waals surface area contributed by atoms with Crippen LogP contribution in [-0.4, -0.2) is 43.4 Å². The summed E-state index contributed by atoms with van der Waals surface area (Å²) in [6.45, 7) is 0. The molecule has 3 aromatic rings. The Balaban J connectivity index is 1.37. The SMILES string of the molecule is COc1ccc(-c2noc(C=CC3CCC(C(c4ccccc4)N(C)C)CC3)n2)cc1OC. The highest BCUT2D eigenvalue weighted by molar-refractivity contribution is 5.61. The van der Waals surface area contributed by atoms with Gasteiger partial charge in [0.1, 0.15) is 0 Å². The van der Waals surface area contributed by atoms with Crippen LogP contribution >= 0.6 is 0 Å². The van der Waals surface area contributed by atoms with Crippen LogP contribution in [0.15, 0.2) is 59.1 Å². The molecule has 0 N–H and O–H groups in total. The molecular formula is C27H33N3O3. The van der Waals surface area contributed by atoms with Crippen LogP contribution in [0.1, 0.15) is 43.2 Å². The molecule has 0 saturated heterocycles. The molecule has 174 valence electrons. The van der Waals surface area contributed by atoms with Crippen LogP contribution in [-0.2, 0) is 0 Å². The van der Waals surface area contributed by atoms with Crippen molar-refractivity contribution < 1.29 is 14.0 Å². The number of hydrogen-bond donors (Lipinski definition) is 0. The summed E-state index contributed by atoms with van der Waals surface area (Å²) in [7, 11) is 7.61. The van der Waals surface area contributed by atoms with Crippen LogP contribution in [0.5, 0.6) is 11.5 Å². The van der Waals surface area contributed by atoms with Gasteiger partial charge in [-0.2, -0.15) is 4.98 Å². The summed E-state index contributed by atoms with van der Waals surface area (Å²) in [5.41, 5.74) is 2.24. The molecule has 0 amide bonds. The second-order valence-electron chi connectivity index (χ2n) is 8.88. The first-order valence-electron chi connectivity index (χ1n) is 11.5. The van der Waals surface area contributed by atoms with Gasteiger partial charge in [-0.3, -0.25) is 0 Å². The van der Waals surface area contributed by atoms with E-state index >= 15 is 0 Å². The summed E-state index contributed by atoms with van der Waals surface area (Å²) in [5, 5.41) is 4.13. The molecule has 6 nitrogen and oxygen atoms in total. The lowest BCUT2D eigenvalue weighted by atomic mass is 9.76. The molecule has 0 radical (unpaired) electrons. The topological polar surface area (TPSA) is 60.6 Å². The Morgan fingerprint density at radius 1 is 0.970 bits per heavy atom. The largest absolute Gasteiger partial charge is 0.493 e. The molecule has 1 heterocycles. The number of hydrogen-bond acceptors (Lipinski definition) is 6. The Kier molecular flexibility index (Phi) is 7.45. The summed E-state index contributed by atoms with van der Waals surface area (Å²) in [6, 6.07) is 16.9. The molecule has 1 fully saturated rings. The van der Waals surface area contributed by atoms with Crippen molar-refractivity contribution in [3.05, 3.63) is 66.1 Å². The fourth-order valence-corrected chi connectivity index (χ4v) is 4.91. The average molecular weight is 448 g/mol. The number of nitrogens with zero attached hydrogens (tertiary/aromatic N) is 3. The van der Waals surface area contributed by atoms with Crippen molar-refractivity contribution in [1.82, 2.24) is 15.0 Å². The standard InChI is InChI=1S/C27H33N3O3/c1-30(2)26(20-8-6-5-7-9-20)21-13-10-19(11-14-21)12-17-25-28-27(29-33-25)22-15-16-23(31-3)24(18-22)32-4/h5-9,12,15-19,21,26H,10-11,13-14H2,1-4H3. The lowest BCUT2D eigenvalue weighted by Gasteiger charge is -2.37. The molecule has 1 atom stereocenters. The molecule has 1 saturated carbocycles. The van der Waals surface area contributed by atoms with E-state index in [1.807, 2.05) is 24.3 Å². The quantitative estimate of drug-likeness (QED) is 0.430. The minimum atomic E-state index is 0.469. The third-order valence-electron chi connectivity index (χ3n) is 6.55. The van der Waals surface area contributed by atoms with Gasteiger partial charge in [-0.25, -0.2) is 0 Å². The number of methoxy groups -OCH3 is 2. The number of ether oxygens (including phenoxy) is 2. The Labute approximate surface area is 196 Å². The first-order valence-corrected chi connectivity index (χ1v) is 11.5. The van der Waals surface area contributed by atoms with Crippen LogP contribution in [0, 0.1) is 11.8 Å². The van der Waals surface area contributed by atoms with Gasteiger partial charge in [-0.05, 0) is 81.5 Å². The van der Waals surface area contributed by atoms with E-state index in [9.17, 15) is 0 Å². The Morgan fingerprint density at radius 3 is 2.36 bits per heavy atom. The maximum atomic E-state index is 5.46. The van der Waals surface area contributed by atoms with Crippen molar-refractivity contribution in [2.75, 3.05) is 28.3 Å². The van der Waals surface area contributed by atoms with E-state index in [1.54, 1.807) is 14.2 Å². The maximum absolute atomic E-state index is 5.46. The van der Waals surface area contributed by atoms with Crippen molar-refractivity contribution in [3.63, 3.8) is 0 Å². The molecule has 4 rings (SSSR count). The van der Waals surface area contributed by atoms with Crippen LogP contribution in [0.3, 0.4) is 0 Å². The van der Waals surface area contributed by atoms with E-state index in [-0.39, 0.29) is 0 Å². The molecule has 1 aromatic heterocycles. The number of aromatic nitrogens is 2. The van der Waals surface area contributed by atoms with Crippen molar-refractivity contribution >= 4 is 6.08 Å². The van der Waals surface area contributed by atoms with Gasteiger partial charge < -0.3 is 18.9 Å². The van der Waals surface area contributed by atoms with Gasteiger partial charge in [0.2, 0.25) is 5.82 Å². The van der Waals surface area contributed by atoms with Gasteiger partial charge in [0.05, 0.1) is 14.2 Å². The monoisotopic (exact) mass is 447 g/mol. The molecule has 6 heteroatoms. The van der Waals surface area contributed by atoms with Gasteiger partial charge in [0.25, 0.3) is 5.89 Å². The van der Waals surface area contributed by atoms with Crippen LogP contribution in [0.2, 0.25) is 0 Å². The molecule has 0 bridgehead atoms. The molecule has 2 aromatic carbocycles. The zero-order valence-electron chi connectivity index (χ0n) is 19.9. The zero-order valence-corrected chi connectivity index (χ0v) is 19.9. The first-order chi connectivity index (χ1) is 16.1. The van der Waals surface area contributed by atoms with Crippen LogP contribution in [0.4, 0.5) is 0 Å². The average Bonchev–Trinajstić information content (AvgIpc) is 3.33. The summed E-state index contributed by atoms with van der Waals surface area (Å²) in [5.74, 6) is 3.58. The third kappa shape index (κ3) is 5.45. The van der Waals surface area contributed by atoms with E-state index in [1.165, 1.54) is 31.2 Å². The minimum absolute atomic E-state index is 0.469. The van der Waals surface area contributed by atoms with Gasteiger partial charge >= 0.3 is 0 Å². The molecule has 1 aliphatic carbocycles. The fourth-order valence-electron chi connectivity index (χ4n) is 4.91. The Bertz CT molecular complexity index is 1050. The number of rotatable bonds is 8. The van der Waals surface area contributed by atoms with E-state index in [2.05, 4.69) is 65.5 Å². The van der Waals surface area contributed by atoms with E-state index in [0.717, 1.165) is 5.56 Å². The Morgan fingerprint density at radius 2 is 1.70 bits per heavy atom. The van der Waals surface area contributed by atoms with Gasteiger partial charge in [0.15, 0.2) is 11.5 Å². The van der Waals surface area contributed by atoms with E-state index < -0.39 is 0 Å². The van der Waals surface area contributed by atoms with Crippen molar-refractivity contribution in [3.8, 4) is 22.9 Å². The fraction of sp³-hybridized carbons (Fsp3) is 0.407. The van der Waals surface area contributed by atoms with Crippen molar-refractivity contribution in [2.24, 2.45) is 11.8 Å². The zero-order chi connectivity index (χ0) is 23.2. The predicted octanol–water partition coefficient (Wildman–Crippen LogP) is 5.88. The maximum Gasteiger partial charge on any atom is 0.250 e. The summed E-state index contributed by atoms with van der Waals surface area (Å²) in [6.07, 6.45) is 8.98. The van der Waals surface area contributed by atoms with Crippen molar-refractivity contribution in [2.45, 2.75) is 31.7 Å². The smallest absolute Gasteiger partial charge is 0.250 e. The van der Waals surface area contributed by atoms with E-state index in [4.69, 9.17) is 14.0 Å². The number of allylic oxidation sites excluding steroid dienone is 1. The van der Waals surface area contributed by atoms with Gasteiger partial charge in [-0.15, -0.1) is 0 Å². The highest BCUT2D eigenvalue weighted by Gasteiger charge is 2.29. The predicted molar refractivity (Wildman–Crippen MR) is 130 cm³/mol. The summed E-state index contributed by atoms with van der Waals surface area (Å²) < 4.78 is 16.1. The molecular weight excluding hydrogens is 414 g/mol. The highest BCUT2D eigenvalue weighted by Crippen LogP contribution is 2.40. The third-order valence-corrected chi connectivity index (χ3v) is 6.55. The lowest BCUT2D eigenvalue weighted by Crippen LogP contribution is -2.30. The summed E-state index contributed by atoms with van der Waals surface area (Å²) >= 11 is 0. The Hall–Kier alpha value is -3.12. The molecule has 0 spiro atoms. The normalized spacial score (nSPS) is 19.7. The first kappa shape index (κ1) is 23.1. The molecule has 0 aliphatic heterocycles. The minimum Gasteiger partial charge on any atom is -0.493 e. The number of benzene rings is 2. The lowest BCUT2D eigenvalue weighted by molar-refractivity contribution is 0.159. The van der Waals surface area contributed by atoms with Gasteiger partial charge in [0, 0.05) is 11.6 Å². The molecule has 33 heavy (non-hydrogen) atoms. The molecule has 1 aliphatic rings. The summed E-state index contributed by atoms with van der Waals surface area (Å²) in [4.78, 5) is 6.90. The highest BCUT2D eigenvalue weighted by atomic mass is 16.5. The second-order valence-corrected chi connectivity index (χ2v) is 8.88. The molecule has 1 unspecified atom stereocenters. The van der Waals surface area contributed by atoms with Crippen LogP contribution < -0.4 is 9.47 Å². The van der Waals surface area contributed by atoms with Gasteiger partial charge in [-0.1, -0.05) is 41.6 Å². The second kappa shape index (κ2) is 10.7. The van der Waals surface area contributed by atoms with Crippen LogP contribution in [0.25, 0.3) is 17.5 Å². The van der Waals surface area contributed by atoms with Crippen molar-refractivity contribution in [1.29, 1.82) is 0 Å². The van der Waals surface area contributed by atoms with E-state index in [0.29, 0.717) is 41.1 Å².